The van der Waals surface area contributed by atoms with E-state index >= 15 is 0 Å². The Kier molecular flexibility index (Phi) is 8.30. The predicted molar refractivity (Wildman–Crippen MR) is 132 cm³/mol. The SMILES string of the molecule is C=C1/C(=C\C=C2/CCC[C@]3(C)C([C@H](C)CCC(CC)C(C)C)CC[C@@H]23)C[C@@H](O)C[C@@H]1O. The second-order valence-corrected chi connectivity index (χ2v) is 11.6. The van der Waals surface area contributed by atoms with Gasteiger partial charge in [-0.25, -0.2) is 0 Å². The highest BCUT2D eigenvalue weighted by Gasteiger charge is 2.50. The summed E-state index contributed by atoms with van der Waals surface area (Å²) >= 11 is 0. The van der Waals surface area contributed by atoms with Crippen LogP contribution in [-0.2, 0) is 0 Å². The van der Waals surface area contributed by atoms with Gasteiger partial charge < -0.3 is 10.2 Å². The fourth-order valence-corrected chi connectivity index (χ4v) is 7.37. The quantitative estimate of drug-likeness (QED) is 0.449. The van der Waals surface area contributed by atoms with Crippen molar-refractivity contribution in [1.29, 1.82) is 0 Å². The van der Waals surface area contributed by atoms with E-state index in [0.29, 0.717) is 24.2 Å². The van der Waals surface area contributed by atoms with Gasteiger partial charge in [0.2, 0.25) is 0 Å². The van der Waals surface area contributed by atoms with Gasteiger partial charge in [-0.05, 0) is 91.1 Å². The van der Waals surface area contributed by atoms with Crippen LogP contribution in [0.1, 0.15) is 98.8 Å². The Morgan fingerprint density at radius 2 is 1.87 bits per heavy atom. The van der Waals surface area contributed by atoms with Gasteiger partial charge in [0.05, 0.1) is 12.2 Å². The van der Waals surface area contributed by atoms with Crippen molar-refractivity contribution in [3.8, 4) is 0 Å². The largest absolute Gasteiger partial charge is 0.393 e. The Hall–Kier alpha value is -0.860. The Morgan fingerprint density at radius 1 is 1.13 bits per heavy atom. The van der Waals surface area contributed by atoms with Crippen LogP contribution in [0.5, 0.6) is 0 Å². The minimum atomic E-state index is -0.598. The lowest BCUT2D eigenvalue weighted by Crippen LogP contribution is -2.36. The molecule has 3 fully saturated rings. The zero-order valence-corrected chi connectivity index (χ0v) is 20.9. The first-order chi connectivity index (χ1) is 14.7. The maximum atomic E-state index is 10.2. The van der Waals surface area contributed by atoms with Crippen molar-refractivity contribution < 1.29 is 10.2 Å². The Balaban J connectivity index is 1.71. The molecule has 2 N–H and O–H groups in total. The lowest BCUT2D eigenvalue weighted by Gasteiger charge is -2.44. The number of allylic oxidation sites excluding steroid dienone is 3. The highest BCUT2D eigenvalue weighted by molar-refractivity contribution is 5.38. The van der Waals surface area contributed by atoms with Crippen molar-refractivity contribution in [2.24, 2.45) is 35.0 Å². The molecule has 0 aromatic rings. The molecular weight excluding hydrogens is 380 g/mol. The molecule has 2 heteroatoms. The zero-order valence-electron chi connectivity index (χ0n) is 20.9. The van der Waals surface area contributed by atoms with E-state index in [1.807, 2.05) is 0 Å². The van der Waals surface area contributed by atoms with Crippen LogP contribution in [0.4, 0.5) is 0 Å². The first-order valence-electron chi connectivity index (χ1n) is 13.1. The number of fused-ring (bicyclic) bond motifs is 1. The summed E-state index contributed by atoms with van der Waals surface area (Å²) in [6, 6.07) is 0. The van der Waals surface area contributed by atoms with Crippen LogP contribution >= 0.6 is 0 Å². The molecule has 0 spiro atoms. The summed E-state index contributed by atoms with van der Waals surface area (Å²) in [4.78, 5) is 0. The number of rotatable bonds is 7. The molecule has 3 rings (SSSR count). The molecule has 7 atom stereocenters. The molecule has 0 aromatic heterocycles. The molecule has 31 heavy (non-hydrogen) atoms. The van der Waals surface area contributed by atoms with Gasteiger partial charge in [-0.1, -0.05) is 71.8 Å². The van der Waals surface area contributed by atoms with Crippen LogP contribution in [-0.4, -0.2) is 22.4 Å². The molecular formula is C29H48O2. The van der Waals surface area contributed by atoms with Crippen LogP contribution in [0.2, 0.25) is 0 Å². The maximum absolute atomic E-state index is 10.2. The summed E-state index contributed by atoms with van der Waals surface area (Å²) < 4.78 is 0. The van der Waals surface area contributed by atoms with E-state index < -0.39 is 12.2 Å². The van der Waals surface area contributed by atoms with Crippen molar-refractivity contribution in [3.05, 3.63) is 35.5 Å². The van der Waals surface area contributed by atoms with Crippen molar-refractivity contribution in [1.82, 2.24) is 0 Å². The van der Waals surface area contributed by atoms with Crippen LogP contribution in [0, 0.1) is 35.0 Å². The maximum Gasteiger partial charge on any atom is 0.0811 e. The smallest absolute Gasteiger partial charge is 0.0811 e. The molecule has 0 aliphatic heterocycles. The molecule has 0 aromatic carbocycles. The summed E-state index contributed by atoms with van der Waals surface area (Å²) in [5.41, 5.74) is 3.87. The molecule has 176 valence electrons. The standard InChI is InChI=1S/C29H48O2/c1-7-22(19(2)3)11-10-20(4)26-14-15-27-23(9-8-16-29(26,27)6)12-13-24-17-25(30)18-28(31)21(24)5/h12-13,19-20,22,25-28,30-31H,5,7-11,14-18H2,1-4,6H3/b23-12+,24-13-/t20-,22?,25-,26?,27+,28+,29-/m1/s1. The van der Waals surface area contributed by atoms with Crippen LogP contribution in [0.3, 0.4) is 0 Å². The summed E-state index contributed by atoms with van der Waals surface area (Å²) in [5.74, 6) is 4.02. The fourth-order valence-electron chi connectivity index (χ4n) is 7.37. The Labute approximate surface area is 191 Å². The van der Waals surface area contributed by atoms with Crippen LogP contribution in [0.25, 0.3) is 0 Å². The highest BCUT2D eigenvalue weighted by atomic mass is 16.3. The lowest BCUT2D eigenvalue weighted by atomic mass is 9.60. The van der Waals surface area contributed by atoms with Gasteiger partial charge in [0, 0.05) is 6.42 Å². The third-order valence-electron chi connectivity index (χ3n) is 9.45. The van der Waals surface area contributed by atoms with E-state index in [9.17, 15) is 10.2 Å². The minimum absolute atomic E-state index is 0.419. The number of hydrogen-bond donors (Lipinski definition) is 2. The average molecular weight is 429 g/mol. The lowest BCUT2D eigenvalue weighted by molar-refractivity contribution is 0.0860. The molecule has 3 saturated carbocycles. The first-order valence-corrected chi connectivity index (χ1v) is 13.1. The van der Waals surface area contributed by atoms with Gasteiger partial charge in [0.25, 0.3) is 0 Å². The summed E-state index contributed by atoms with van der Waals surface area (Å²) in [6.45, 7) is 16.3. The van der Waals surface area contributed by atoms with Crippen molar-refractivity contribution in [3.63, 3.8) is 0 Å². The van der Waals surface area contributed by atoms with E-state index in [2.05, 4.69) is 53.3 Å². The molecule has 0 radical (unpaired) electrons. The van der Waals surface area contributed by atoms with E-state index in [1.54, 1.807) is 5.57 Å². The predicted octanol–water partition coefficient (Wildman–Crippen LogP) is 7.23. The Bertz CT molecular complexity index is 687. The van der Waals surface area contributed by atoms with Gasteiger partial charge in [-0.3, -0.25) is 0 Å². The van der Waals surface area contributed by atoms with E-state index in [1.165, 1.54) is 51.4 Å². The first kappa shape index (κ1) is 24.8. The molecule has 2 unspecified atom stereocenters. The topological polar surface area (TPSA) is 40.5 Å². The highest BCUT2D eigenvalue weighted by Crippen LogP contribution is 2.60. The third kappa shape index (κ3) is 5.38. The summed E-state index contributed by atoms with van der Waals surface area (Å²) in [5, 5.41) is 20.2. The normalized spacial score (nSPS) is 38.6. The number of aliphatic hydroxyl groups is 2. The fraction of sp³-hybridized carbons (Fsp3) is 0.793. The Morgan fingerprint density at radius 3 is 2.55 bits per heavy atom. The van der Waals surface area contributed by atoms with E-state index in [-0.39, 0.29) is 0 Å². The van der Waals surface area contributed by atoms with Gasteiger partial charge in [-0.2, -0.15) is 0 Å². The van der Waals surface area contributed by atoms with Crippen LogP contribution < -0.4 is 0 Å². The van der Waals surface area contributed by atoms with Crippen molar-refractivity contribution >= 4 is 0 Å². The molecule has 3 aliphatic carbocycles. The molecule has 0 saturated heterocycles. The summed E-state index contributed by atoms with van der Waals surface area (Å²) in [6.07, 6.45) is 15.1. The average Bonchev–Trinajstić information content (AvgIpc) is 3.07. The second kappa shape index (κ2) is 10.4. The van der Waals surface area contributed by atoms with E-state index in [0.717, 1.165) is 34.8 Å². The number of aliphatic hydroxyl groups excluding tert-OH is 2. The van der Waals surface area contributed by atoms with Gasteiger partial charge in [0.15, 0.2) is 0 Å². The molecule has 0 heterocycles. The van der Waals surface area contributed by atoms with Gasteiger partial charge >= 0.3 is 0 Å². The van der Waals surface area contributed by atoms with Crippen molar-refractivity contribution in [2.45, 2.75) is 111 Å². The molecule has 2 nitrogen and oxygen atoms in total. The minimum Gasteiger partial charge on any atom is -0.393 e. The van der Waals surface area contributed by atoms with Crippen LogP contribution in [0.15, 0.2) is 35.5 Å². The molecule has 0 amide bonds. The monoisotopic (exact) mass is 428 g/mol. The van der Waals surface area contributed by atoms with Crippen molar-refractivity contribution in [2.75, 3.05) is 0 Å². The number of hydrogen-bond acceptors (Lipinski definition) is 2. The molecule has 0 bridgehead atoms. The van der Waals surface area contributed by atoms with Gasteiger partial charge in [0.1, 0.15) is 0 Å². The third-order valence-corrected chi connectivity index (χ3v) is 9.45. The van der Waals surface area contributed by atoms with Gasteiger partial charge in [-0.15, -0.1) is 0 Å². The van der Waals surface area contributed by atoms with E-state index in [4.69, 9.17) is 0 Å². The second-order valence-electron chi connectivity index (χ2n) is 11.6. The zero-order chi connectivity index (χ0) is 22.8. The molecule has 3 aliphatic rings. The summed E-state index contributed by atoms with van der Waals surface area (Å²) in [7, 11) is 0.